The molecule has 1 aromatic carbocycles. The molecule has 0 saturated carbocycles. The second kappa shape index (κ2) is 11.4. The Morgan fingerprint density at radius 1 is 1.30 bits per heavy atom. The third kappa shape index (κ3) is 6.08. The largest absolute Gasteiger partial charge is 0.476 e. The number of hydrogen-bond donors (Lipinski definition) is 1. The van der Waals surface area contributed by atoms with Crippen LogP contribution in [0.15, 0.2) is 35.6 Å². The molecular formula is C20H25N7O5S. The van der Waals surface area contributed by atoms with Gasteiger partial charge >= 0.3 is 0 Å². The molecule has 13 heteroatoms. The van der Waals surface area contributed by atoms with Gasteiger partial charge in [0.2, 0.25) is 11.8 Å². The molecule has 12 nitrogen and oxygen atoms in total. The van der Waals surface area contributed by atoms with Crippen LogP contribution < -0.4 is 10.1 Å². The zero-order valence-corrected chi connectivity index (χ0v) is 19.4. The number of nitrogens with one attached hydrogen (secondary N) is 1. The first-order valence-corrected chi connectivity index (χ1v) is 11.2. The van der Waals surface area contributed by atoms with Crippen LogP contribution in [-0.2, 0) is 22.6 Å². The van der Waals surface area contributed by atoms with Crippen LogP contribution in [0.1, 0.15) is 13.8 Å². The Morgan fingerprint density at radius 2 is 2.12 bits per heavy atom. The van der Waals surface area contributed by atoms with Gasteiger partial charge in [-0.3, -0.25) is 24.2 Å². The Labute approximate surface area is 194 Å². The number of anilines is 1. The molecule has 1 N–H and O–H groups in total. The first-order valence-electron chi connectivity index (χ1n) is 10.3. The molecule has 0 fully saturated rings. The van der Waals surface area contributed by atoms with Crippen molar-refractivity contribution >= 4 is 29.0 Å². The van der Waals surface area contributed by atoms with Crippen LogP contribution in [0.4, 0.5) is 11.4 Å². The molecule has 0 aliphatic carbocycles. The Balaban J connectivity index is 1.78. The minimum absolute atomic E-state index is 0.0420. The fraction of sp³-hybridized carbons (Fsp3) is 0.400. The van der Waals surface area contributed by atoms with Gasteiger partial charge < -0.3 is 14.8 Å². The first kappa shape index (κ1) is 24.2. The lowest BCUT2D eigenvalue weighted by molar-refractivity contribution is -0.384. The number of amides is 1. The maximum atomic E-state index is 12.4. The fourth-order valence-corrected chi connectivity index (χ4v) is 3.73. The number of non-ortho nitro benzene ring substituents is 1. The molecule has 3 rings (SSSR count). The summed E-state index contributed by atoms with van der Waals surface area (Å²) >= 11 is 1.20. The van der Waals surface area contributed by atoms with Gasteiger partial charge in [0, 0.05) is 37.7 Å². The topological polar surface area (TPSA) is 139 Å². The van der Waals surface area contributed by atoms with E-state index in [1.807, 2.05) is 24.6 Å². The highest BCUT2D eigenvalue weighted by Gasteiger charge is 2.21. The van der Waals surface area contributed by atoms with Gasteiger partial charge in [-0.15, -0.1) is 15.3 Å². The van der Waals surface area contributed by atoms with E-state index in [4.69, 9.17) is 9.47 Å². The van der Waals surface area contributed by atoms with Crippen LogP contribution in [-0.4, -0.2) is 61.5 Å². The first-order chi connectivity index (χ1) is 16.0. The SMILES string of the molecule is CCOc1nn(CC)cc1-c1nnc(SCC(=O)Nc2cccc([N+](=O)[O-])c2)n1CCOC. The van der Waals surface area contributed by atoms with E-state index in [1.54, 1.807) is 17.9 Å². The van der Waals surface area contributed by atoms with E-state index >= 15 is 0 Å². The number of rotatable bonds is 12. The summed E-state index contributed by atoms with van der Waals surface area (Å²) in [6.07, 6.45) is 1.85. The standard InChI is InChI=1S/C20H25N7O5S/c1-4-25-12-16(19(24-25)32-5-2)18-22-23-20(26(18)9-10-31-3)33-13-17(28)21-14-7-6-8-15(11-14)27(29)30/h6-8,11-12H,4-5,9-10,13H2,1-3H3,(H,21,28). The van der Waals surface area contributed by atoms with Gasteiger partial charge in [-0.2, -0.15) is 0 Å². The van der Waals surface area contributed by atoms with E-state index < -0.39 is 4.92 Å². The van der Waals surface area contributed by atoms with Gasteiger partial charge in [0.15, 0.2) is 11.0 Å². The third-order valence-electron chi connectivity index (χ3n) is 4.48. The number of nitrogens with zero attached hydrogens (tertiary/aromatic N) is 6. The van der Waals surface area contributed by atoms with Crippen LogP contribution in [0.5, 0.6) is 5.88 Å². The van der Waals surface area contributed by atoms with Gasteiger partial charge in [-0.25, -0.2) is 0 Å². The number of aromatic nitrogens is 5. The van der Waals surface area contributed by atoms with Gasteiger partial charge in [0.25, 0.3) is 5.69 Å². The number of benzene rings is 1. The molecule has 0 radical (unpaired) electrons. The Bertz CT molecular complexity index is 1110. The van der Waals surface area contributed by atoms with E-state index in [0.29, 0.717) is 54.4 Å². The number of nitro groups is 1. The molecule has 2 heterocycles. The monoisotopic (exact) mass is 475 g/mol. The van der Waals surface area contributed by atoms with Gasteiger partial charge in [0.05, 0.1) is 30.4 Å². The fourth-order valence-electron chi connectivity index (χ4n) is 2.97. The molecular weight excluding hydrogens is 450 g/mol. The van der Waals surface area contributed by atoms with Crippen molar-refractivity contribution in [3.8, 4) is 17.3 Å². The van der Waals surface area contributed by atoms with E-state index in [0.717, 1.165) is 0 Å². The van der Waals surface area contributed by atoms with Crippen LogP contribution in [0.25, 0.3) is 11.4 Å². The minimum Gasteiger partial charge on any atom is -0.476 e. The Morgan fingerprint density at radius 3 is 2.82 bits per heavy atom. The molecule has 0 aliphatic rings. The Hall–Kier alpha value is -3.45. The molecule has 0 bridgehead atoms. The summed E-state index contributed by atoms with van der Waals surface area (Å²) in [7, 11) is 1.60. The van der Waals surface area contributed by atoms with Crippen molar-refractivity contribution in [3.05, 3.63) is 40.6 Å². The highest BCUT2D eigenvalue weighted by Crippen LogP contribution is 2.30. The van der Waals surface area contributed by atoms with Crippen LogP contribution in [0.3, 0.4) is 0 Å². The number of aryl methyl sites for hydroxylation is 1. The zero-order valence-electron chi connectivity index (χ0n) is 18.6. The van der Waals surface area contributed by atoms with E-state index in [9.17, 15) is 14.9 Å². The van der Waals surface area contributed by atoms with Crippen molar-refractivity contribution in [2.24, 2.45) is 0 Å². The summed E-state index contributed by atoms with van der Waals surface area (Å²) in [6.45, 7) is 5.88. The Kier molecular flexibility index (Phi) is 8.38. The third-order valence-corrected chi connectivity index (χ3v) is 5.45. The second-order valence-corrected chi connectivity index (χ2v) is 7.67. The molecule has 176 valence electrons. The lowest BCUT2D eigenvalue weighted by Crippen LogP contribution is -2.15. The zero-order chi connectivity index (χ0) is 23.8. The van der Waals surface area contributed by atoms with Gasteiger partial charge in [-0.05, 0) is 19.9 Å². The molecule has 0 atom stereocenters. The van der Waals surface area contributed by atoms with Gasteiger partial charge in [-0.1, -0.05) is 17.8 Å². The van der Waals surface area contributed by atoms with E-state index in [2.05, 4.69) is 20.6 Å². The van der Waals surface area contributed by atoms with Crippen LogP contribution in [0, 0.1) is 10.1 Å². The minimum atomic E-state index is -0.512. The quantitative estimate of drug-likeness (QED) is 0.238. The smallest absolute Gasteiger partial charge is 0.271 e. The van der Waals surface area contributed by atoms with Crippen molar-refractivity contribution in [1.82, 2.24) is 24.5 Å². The summed E-state index contributed by atoms with van der Waals surface area (Å²) in [4.78, 5) is 22.8. The van der Waals surface area contributed by atoms with E-state index in [-0.39, 0.29) is 17.3 Å². The molecule has 2 aromatic heterocycles. The van der Waals surface area contributed by atoms with Crippen LogP contribution >= 0.6 is 11.8 Å². The molecule has 0 aliphatic heterocycles. The molecule has 3 aromatic rings. The molecule has 0 saturated heterocycles. The van der Waals surface area contributed by atoms with Gasteiger partial charge in [0.1, 0.15) is 5.56 Å². The summed E-state index contributed by atoms with van der Waals surface area (Å²) < 4.78 is 14.5. The molecule has 33 heavy (non-hydrogen) atoms. The number of ether oxygens (including phenoxy) is 2. The number of methoxy groups -OCH3 is 1. The number of thioether (sulfide) groups is 1. The normalized spacial score (nSPS) is 10.9. The van der Waals surface area contributed by atoms with Crippen molar-refractivity contribution < 1.29 is 19.2 Å². The maximum absolute atomic E-state index is 12.4. The van der Waals surface area contributed by atoms with Crippen molar-refractivity contribution in [2.45, 2.75) is 32.1 Å². The second-order valence-electron chi connectivity index (χ2n) is 6.73. The lowest BCUT2D eigenvalue weighted by atomic mass is 10.3. The van der Waals surface area contributed by atoms with Crippen molar-refractivity contribution in [3.63, 3.8) is 0 Å². The summed E-state index contributed by atoms with van der Waals surface area (Å²) in [5, 5.41) is 27.1. The number of carbonyl (C=O) groups is 1. The molecule has 0 unspecified atom stereocenters. The molecule has 1 amide bonds. The summed E-state index contributed by atoms with van der Waals surface area (Å²) in [5.74, 6) is 0.750. The maximum Gasteiger partial charge on any atom is 0.271 e. The number of carbonyl (C=O) groups excluding carboxylic acids is 1. The van der Waals surface area contributed by atoms with E-state index in [1.165, 1.54) is 30.0 Å². The predicted molar refractivity (Wildman–Crippen MR) is 122 cm³/mol. The number of nitro benzene ring substituents is 1. The predicted octanol–water partition coefficient (Wildman–Crippen LogP) is 2.85. The van der Waals surface area contributed by atoms with Crippen molar-refractivity contribution in [2.75, 3.05) is 31.4 Å². The molecule has 0 spiro atoms. The average Bonchev–Trinajstić information content (AvgIpc) is 3.40. The summed E-state index contributed by atoms with van der Waals surface area (Å²) in [5.41, 5.74) is 0.960. The van der Waals surface area contributed by atoms with Crippen LogP contribution in [0.2, 0.25) is 0 Å². The average molecular weight is 476 g/mol. The highest BCUT2D eigenvalue weighted by atomic mass is 32.2. The summed E-state index contributed by atoms with van der Waals surface area (Å²) in [6, 6.07) is 5.78. The van der Waals surface area contributed by atoms with Crippen molar-refractivity contribution in [1.29, 1.82) is 0 Å². The number of hydrogen-bond acceptors (Lipinski definition) is 9. The highest BCUT2D eigenvalue weighted by molar-refractivity contribution is 7.99. The lowest BCUT2D eigenvalue weighted by Gasteiger charge is -2.10.